The third-order valence-electron chi connectivity index (χ3n) is 4.73. The molecule has 0 unspecified atom stereocenters. The summed E-state index contributed by atoms with van der Waals surface area (Å²) in [7, 11) is 2.00. The van der Waals surface area contributed by atoms with Crippen molar-refractivity contribution in [2.24, 2.45) is 13.0 Å². The number of rotatable bonds is 6. The lowest BCUT2D eigenvalue weighted by molar-refractivity contribution is 0.0868. The van der Waals surface area contributed by atoms with Crippen LogP contribution in [-0.4, -0.2) is 39.7 Å². The molecule has 0 saturated heterocycles. The summed E-state index contributed by atoms with van der Waals surface area (Å²) < 4.78 is 7.93. The summed E-state index contributed by atoms with van der Waals surface area (Å²) in [6.07, 6.45) is 2.68. The number of hydrogen-bond acceptors (Lipinski definition) is 5. The number of thiophene rings is 1. The standard InChI is InChI=1S/C17H24N4OS/c1-12-3-6-15(23-12)8-21-7-14(11-22-10-13-4-5-13)17-16(9-21)18-19-20(17)2/h3,6,13-14H,4-5,7-11H2,1-2H3/t14-/m0/s1. The highest BCUT2D eigenvalue weighted by Crippen LogP contribution is 2.31. The van der Waals surface area contributed by atoms with Gasteiger partial charge in [-0.05, 0) is 37.8 Å². The molecule has 0 spiro atoms. The molecule has 2 aromatic rings. The van der Waals surface area contributed by atoms with Gasteiger partial charge in [-0.15, -0.1) is 16.4 Å². The molecule has 5 nitrogen and oxygen atoms in total. The second-order valence-corrected chi connectivity index (χ2v) is 8.28. The molecule has 0 bridgehead atoms. The Kier molecular flexibility index (Phi) is 4.22. The maximum atomic E-state index is 5.99. The lowest BCUT2D eigenvalue weighted by Crippen LogP contribution is -2.35. The molecule has 1 aliphatic carbocycles. The van der Waals surface area contributed by atoms with Gasteiger partial charge in [-0.25, -0.2) is 0 Å². The van der Waals surface area contributed by atoms with Gasteiger partial charge in [0.2, 0.25) is 0 Å². The third-order valence-corrected chi connectivity index (χ3v) is 5.71. The van der Waals surface area contributed by atoms with E-state index in [4.69, 9.17) is 4.74 Å². The van der Waals surface area contributed by atoms with Crippen molar-refractivity contribution in [2.75, 3.05) is 19.8 Å². The second kappa shape index (κ2) is 6.34. The minimum absolute atomic E-state index is 0.374. The number of hydrogen-bond donors (Lipinski definition) is 0. The predicted octanol–water partition coefficient (Wildman–Crippen LogP) is 2.71. The lowest BCUT2D eigenvalue weighted by atomic mass is 9.99. The molecule has 1 saturated carbocycles. The van der Waals surface area contributed by atoms with Gasteiger partial charge in [-0.1, -0.05) is 5.21 Å². The van der Waals surface area contributed by atoms with Gasteiger partial charge in [0, 0.05) is 49.0 Å². The molecule has 0 aromatic carbocycles. The molecule has 23 heavy (non-hydrogen) atoms. The fourth-order valence-electron chi connectivity index (χ4n) is 3.40. The summed E-state index contributed by atoms with van der Waals surface area (Å²) in [5, 5.41) is 8.61. The fourth-order valence-corrected chi connectivity index (χ4v) is 4.33. The minimum Gasteiger partial charge on any atom is -0.380 e. The Bertz CT molecular complexity index is 676. The van der Waals surface area contributed by atoms with Crippen LogP contribution in [0.5, 0.6) is 0 Å². The van der Waals surface area contributed by atoms with E-state index in [1.54, 1.807) is 0 Å². The monoisotopic (exact) mass is 332 g/mol. The van der Waals surface area contributed by atoms with E-state index in [1.165, 1.54) is 28.3 Å². The number of aryl methyl sites for hydroxylation is 2. The van der Waals surface area contributed by atoms with Crippen LogP contribution in [0.4, 0.5) is 0 Å². The van der Waals surface area contributed by atoms with E-state index in [9.17, 15) is 0 Å². The third kappa shape index (κ3) is 3.49. The van der Waals surface area contributed by atoms with Crippen LogP contribution >= 0.6 is 11.3 Å². The number of nitrogens with zero attached hydrogens (tertiary/aromatic N) is 4. The molecule has 2 aromatic heterocycles. The Morgan fingerprint density at radius 1 is 1.30 bits per heavy atom. The topological polar surface area (TPSA) is 43.2 Å². The highest BCUT2D eigenvalue weighted by molar-refractivity contribution is 7.11. The molecule has 1 atom stereocenters. The molecular formula is C17H24N4OS. The molecule has 2 aliphatic rings. The maximum absolute atomic E-state index is 5.99. The normalized spacial score (nSPS) is 21.6. The van der Waals surface area contributed by atoms with Crippen molar-refractivity contribution in [2.45, 2.75) is 38.8 Å². The summed E-state index contributed by atoms with van der Waals surface area (Å²) in [6.45, 7) is 6.77. The van der Waals surface area contributed by atoms with Crippen LogP contribution in [0, 0.1) is 12.8 Å². The second-order valence-electron chi connectivity index (χ2n) is 6.90. The first-order chi connectivity index (χ1) is 11.2. The molecule has 1 aliphatic heterocycles. The zero-order valence-electron chi connectivity index (χ0n) is 13.9. The van der Waals surface area contributed by atoms with Crippen LogP contribution in [0.15, 0.2) is 12.1 Å². The smallest absolute Gasteiger partial charge is 0.100 e. The van der Waals surface area contributed by atoms with Gasteiger partial charge in [0.05, 0.1) is 12.3 Å². The number of ether oxygens (including phenoxy) is 1. The molecule has 6 heteroatoms. The first-order valence-electron chi connectivity index (χ1n) is 8.43. The van der Waals surface area contributed by atoms with Crippen LogP contribution in [-0.2, 0) is 24.9 Å². The first kappa shape index (κ1) is 15.3. The quantitative estimate of drug-likeness (QED) is 0.816. The van der Waals surface area contributed by atoms with E-state index in [0.29, 0.717) is 5.92 Å². The Morgan fingerprint density at radius 3 is 2.91 bits per heavy atom. The predicted molar refractivity (Wildman–Crippen MR) is 90.5 cm³/mol. The summed E-state index contributed by atoms with van der Waals surface area (Å²) in [6, 6.07) is 4.44. The molecule has 124 valence electrons. The van der Waals surface area contributed by atoms with Crippen molar-refractivity contribution in [1.82, 2.24) is 19.9 Å². The van der Waals surface area contributed by atoms with Crippen molar-refractivity contribution in [3.8, 4) is 0 Å². The van der Waals surface area contributed by atoms with Gasteiger partial charge in [-0.3, -0.25) is 9.58 Å². The van der Waals surface area contributed by atoms with Crippen molar-refractivity contribution in [3.05, 3.63) is 33.3 Å². The molecular weight excluding hydrogens is 308 g/mol. The zero-order chi connectivity index (χ0) is 15.8. The largest absolute Gasteiger partial charge is 0.380 e. The van der Waals surface area contributed by atoms with Gasteiger partial charge in [0.1, 0.15) is 5.69 Å². The van der Waals surface area contributed by atoms with Crippen LogP contribution in [0.1, 0.15) is 39.9 Å². The summed E-state index contributed by atoms with van der Waals surface area (Å²) >= 11 is 1.89. The lowest BCUT2D eigenvalue weighted by Gasteiger charge is -2.31. The van der Waals surface area contributed by atoms with Crippen LogP contribution in [0.2, 0.25) is 0 Å². The maximum Gasteiger partial charge on any atom is 0.100 e. The Hall–Kier alpha value is -1.24. The molecule has 0 N–H and O–H groups in total. The van der Waals surface area contributed by atoms with Crippen molar-refractivity contribution in [3.63, 3.8) is 0 Å². The molecule has 1 fully saturated rings. The van der Waals surface area contributed by atoms with Crippen molar-refractivity contribution >= 4 is 11.3 Å². The zero-order valence-corrected chi connectivity index (χ0v) is 14.7. The molecule has 0 radical (unpaired) electrons. The van der Waals surface area contributed by atoms with Gasteiger partial charge >= 0.3 is 0 Å². The van der Waals surface area contributed by atoms with E-state index in [-0.39, 0.29) is 0 Å². The number of aromatic nitrogens is 3. The minimum atomic E-state index is 0.374. The van der Waals surface area contributed by atoms with Crippen LogP contribution < -0.4 is 0 Å². The summed E-state index contributed by atoms with van der Waals surface area (Å²) in [4.78, 5) is 5.28. The Balaban J connectivity index is 1.45. The van der Waals surface area contributed by atoms with E-state index < -0.39 is 0 Å². The van der Waals surface area contributed by atoms with E-state index in [2.05, 4.69) is 34.3 Å². The van der Waals surface area contributed by atoms with Gasteiger partial charge < -0.3 is 4.74 Å². The highest BCUT2D eigenvalue weighted by atomic mass is 32.1. The van der Waals surface area contributed by atoms with E-state index in [1.807, 2.05) is 23.1 Å². The Morgan fingerprint density at radius 2 is 2.17 bits per heavy atom. The average molecular weight is 332 g/mol. The Labute approximate surface area is 141 Å². The molecule has 4 rings (SSSR count). The molecule has 0 amide bonds. The van der Waals surface area contributed by atoms with Crippen molar-refractivity contribution in [1.29, 1.82) is 0 Å². The average Bonchev–Trinajstić information content (AvgIpc) is 3.15. The van der Waals surface area contributed by atoms with Gasteiger partial charge in [0.15, 0.2) is 0 Å². The summed E-state index contributed by atoms with van der Waals surface area (Å²) in [5.41, 5.74) is 2.38. The van der Waals surface area contributed by atoms with Crippen molar-refractivity contribution < 1.29 is 4.74 Å². The van der Waals surface area contributed by atoms with Gasteiger partial charge in [0.25, 0.3) is 0 Å². The molecule has 3 heterocycles. The number of fused-ring (bicyclic) bond motifs is 1. The highest BCUT2D eigenvalue weighted by Gasteiger charge is 2.31. The SMILES string of the molecule is Cc1ccc(CN2Cc3nnn(C)c3[C@H](COCC3CC3)C2)s1. The first-order valence-corrected chi connectivity index (χ1v) is 9.24. The van der Waals surface area contributed by atoms with Crippen LogP contribution in [0.3, 0.4) is 0 Å². The van der Waals surface area contributed by atoms with E-state index >= 15 is 0 Å². The van der Waals surface area contributed by atoms with Gasteiger partial charge in [-0.2, -0.15) is 0 Å². The van der Waals surface area contributed by atoms with Crippen LogP contribution in [0.25, 0.3) is 0 Å². The fraction of sp³-hybridized carbons (Fsp3) is 0.647. The summed E-state index contributed by atoms with van der Waals surface area (Å²) in [5.74, 6) is 1.19. The van der Waals surface area contributed by atoms with E-state index in [0.717, 1.165) is 44.5 Å².